The van der Waals surface area contributed by atoms with Crippen molar-refractivity contribution in [2.45, 2.75) is 26.2 Å². The van der Waals surface area contributed by atoms with E-state index in [1.165, 1.54) is 6.07 Å². The van der Waals surface area contributed by atoms with Crippen LogP contribution in [0.3, 0.4) is 0 Å². The molecule has 2 aromatic heterocycles. The average Bonchev–Trinajstić information content (AvgIpc) is 3.18. The Kier molecular flexibility index (Phi) is 5.81. The molecule has 32 heavy (non-hydrogen) atoms. The van der Waals surface area contributed by atoms with Crippen LogP contribution in [0.1, 0.15) is 40.9 Å². The molecule has 3 amide bonds. The van der Waals surface area contributed by atoms with Crippen LogP contribution in [0.4, 0.5) is 19.4 Å². The molecule has 3 aromatic rings. The molecule has 8 nitrogen and oxygen atoms in total. The second-order valence-electron chi connectivity index (χ2n) is 7.57. The standard InChI is InChI=1S/C22H21F2N5O3/c1-2-11-29(32)21(30)19-20(27-18(26-19)13-16-5-3-4-9-25-16)28(22(29)31)10-8-14-6-7-15(23)12-17(14)24/h3-7,9,12H,2,8,10-11,13H2,1H3,(H,26,27). The molecule has 0 fully saturated rings. The van der Waals surface area contributed by atoms with E-state index in [1.54, 1.807) is 25.3 Å². The zero-order chi connectivity index (χ0) is 22.9. The molecule has 0 saturated carbocycles. The highest BCUT2D eigenvalue weighted by molar-refractivity contribution is 6.08. The Bertz CT molecular complexity index is 1170. The van der Waals surface area contributed by atoms with Gasteiger partial charge >= 0.3 is 11.9 Å². The number of H-pyrrole nitrogens is 1. The lowest BCUT2D eigenvalue weighted by molar-refractivity contribution is -0.712. The number of benzene rings is 1. The maximum atomic E-state index is 14.1. The molecule has 1 aliphatic heterocycles. The van der Waals surface area contributed by atoms with E-state index >= 15 is 0 Å². The first-order chi connectivity index (χ1) is 15.3. The summed E-state index contributed by atoms with van der Waals surface area (Å²) < 4.78 is 25.6. The normalized spacial score (nSPS) is 18.2. The van der Waals surface area contributed by atoms with Crippen molar-refractivity contribution in [2.24, 2.45) is 0 Å². The number of rotatable bonds is 7. The Morgan fingerprint density at radius 3 is 2.69 bits per heavy atom. The molecule has 0 radical (unpaired) electrons. The summed E-state index contributed by atoms with van der Waals surface area (Å²) in [6, 6.07) is 7.56. The second-order valence-corrected chi connectivity index (χ2v) is 7.57. The Balaban J connectivity index is 1.69. The molecule has 1 unspecified atom stereocenters. The number of carbonyl (C=O) groups excluding carboxylic acids is 2. The number of imide groups is 1. The largest absolute Gasteiger partial charge is 0.616 e. The molecule has 1 aromatic carbocycles. The summed E-state index contributed by atoms with van der Waals surface area (Å²) in [7, 11) is 0. The number of urea groups is 1. The van der Waals surface area contributed by atoms with Crippen molar-refractivity contribution < 1.29 is 23.0 Å². The third kappa shape index (κ3) is 3.90. The number of nitrogens with one attached hydrogen (secondary N) is 1. The maximum Gasteiger partial charge on any atom is 0.432 e. The van der Waals surface area contributed by atoms with Crippen molar-refractivity contribution in [2.75, 3.05) is 18.0 Å². The van der Waals surface area contributed by atoms with Crippen molar-refractivity contribution in [1.29, 1.82) is 0 Å². The molecule has 166 valence electrons. The van der Waals surface area contributed by atoms with Gasteiger partial charge in [-0.25, -0.2) is 32.9 Å². The summed E-state index contributed by atoms with van der Waals surface area (Å²) in [6.07, 6.45) is 2.21. The van der Waals surface area contributed by atoms with Gasteiger partial charge in [0.25, 0.3) is 0 Å². The number of fused-ring (bicyclic) bond motifs is 1. The van der Waals surface area contributed by atoms with Crippen LogP contribution in [0.5, 0.6) is 0 Å². The SMILES string of the molecule is CCC[N+]1([O-])C(=O)c2[nH]c(Cc3ccccn3)nc2N(CCc2ccc(F)cc2F)C1=O. The maximum absolute atomic E-state index is 14.1. The molecule has 0 spiro atoms. The smallest absolute Gasteiger partial charge is 0.432 e. The van der Waals surface area contributed by atoms with E-state index in [2.05, 4.69) is 15.0 Å². The number of carbonyl (C=O) groups is 2. The van der Waals surface area contributed by atoms with E-state index in [9.17, 15) is 23.6 Å². The van der Waals surface area contributed by atoms with Crippen LogP contribution < -0.4 is 4.90 Å². The number of halogens is 2. The van der Waals surface area contributed by atoms with Crippen molar-refractivity contribution in [3.05, 3.63) is 82.2 Å². The summed E-state index contributed by atoms with van der Waals surface area (Å²) in [4.78, 5) is 38.6. The summed E-state index contributed by atoms with van der Waals surface area (Å²) >= 11 is 0. The molecule has 0 aliphatic carbocycles. The minimum absolute atomic E-state index is 0.0139. The van der Waals surface area contributed by atoms with Crippen LogP contribution in [0, 0.1) is 16.8 Å². The monoisotopic (exact) mass is 441 g/mol. The van der Waals surface area contributed by atoms with E-state index in [0.29, 0.717) is 17.9 Å². The van der Waals surface area contributed by atoms with Gasteiger partial charge in [-0.05, 0) is 36.6 Å². The first kappa shape index (κ1) is 21.7. The number of aromatic nitrogens is 3. The zero-order valence-electron chi connectivity index (χ0n) is 17.3. The van der Waals surface area contributed by atoms with Crippen molar-refractivity contribution in [3.63, 3.8) is 0 Å². The number of imidazole rings is 1. The third-order valence-electron chi connectivity index (χ3n) is 5.30. The van der Waals surface area contributed by atoms with E-state index < -0.39 is 28.2 Å². The van der Waals surface area contributed by atoms with Gasteiger partial charge < -0.3 is 10.2 Å². The highest BCUT2D eigenvalue weighted by atomic mass is 19.1. The number of pyridine rings is 1. The van der Waals surface area contributed by atoms with Gasteiger partial charge in [0.15, 0.2) is 11.5 Å². The van der Waals surface area contributed by atoms with Crippen molar-refractivity contribution >= 4 is 17.8 Å². The number of hydrogen-bond donors (Lipinski definition) is 1. The van der Waals surface area contributed by atoms with Gasteiger partial charge in [0.1, 0.15) is 17.5 Å². The first-order valence-corrected chi connectivity index (χ1v) is 10.2. The number of quaternary nitrogens is 1. The minimum Gasteiger partial charge on any atom is -0.616 e. The highest BCUT2D eigenvalue weighted by Gasteiger charge is 2.49. The number of nitrogens with zero attached hydrogens (tertiary/aromatic N) is 4. The molecule has 10 heteroatoms. The van der Waals surface area contributed by atoms with Crippen LogP contribution in [0.2, 0.25) is 0 Å². The fraction of sp³-hybridized carbons (Fsp3) is 0.273. The molecule has 1 atom stereocenters. The van der Waals surface area contributed by atoms with Crippen LogP contribution in [0.15, 0.2) is 42.6 Å². The molecule has 4 rings (SSSR count). The predicted octanol–water partition coefficient (Wildman–Crippen LogP) is 3.72. The van der Waals surface area contributed by atoms with Crippen LogP contribution in [-0.2, 0) is 12.8 Å². The average molecular weight is 441 g/mol. The fourth-order valence-electron chi connectivity index (χ4n) is 3.74. The van der Waals surface area contributed by atoms with Gasteiger partial charge in [-0.2, -0.15) is 0 Å². The molecule has 3 heterocycles. The number of hydroxylamine groups is 3. The third-order valence-corrected chi connectivity index (χ3v) is 5.30. The van der Waals surface area contributed by atoms with Crippen molar-refractivity contribution in [1.82, 2.24) is 15.0 Å². The summed E-state index contributed by atoms with van der Waals surface area (Å²) in [6.45, 7) is 1.38. The lowest BCUT2D eigenvalue weighted by Crippen LogP contribution is -2.62. The van der Waals surface area contributed by atoms with E-state index in [1.807, 2.05) is 6.07 Å². The number of aromatic amines is 1. The van der Waals surface area contributed by atoms with E-state index in [0.717, 1.165) is 17.0 Å². The van der Waals surface area contributed by atoms with Crippen LogP contribution in [0.25, 0.3) is 0 Å². The molecule has 1 aliphatic rings. The quantitative estimate of drug-likeness (QED) is 0.445. The Morgan fingerprint density at radius 2 is 2.00 bits per heavy atom. The molecular weight excluding hydrogens is 420 g/mol. The lowest BCUT2D eigenvalue weighted by Gasteiger charge is -2.42. The fourth-order valence-corrected chi connectivity index (χ4v) is 3.74. The molecular formula is C22H21F2N5O3. The Hall–Kier alpha value is -3.50. The number of hydrogen-bond acceptors (Lipinski definition) is 5. The molecule has 1 N–H and O–H groups in total. The minimum atomic E-state index is -1.68. The van der Waals surface area contributed by atoms with E-state index in [-0.39, 0.29) is 43.0 Å². The van der Waals surface area contributed by atoms with Gasteiger partial charge in [0.05, 0.1) is 6.54 Å². The summed E-state index contributed by atoms with van der Waals surface area (Å²) in [5, 5.41) is 13.3. The second kappa shape index (κ2) is 8.56. The first-order valence-electron chi connectivity index (χ1n) is 10.2. The number of amides is 3. The highest BCUT2D eigenvalue weighted by Crippen LogP contribution is 2.32. The lowest BCUT2D eigenvalue weighted by atomic mass is 10.1. The van der Waals surface area contributed by atoms with Gasteiger partial charge in [-0.15, -0.1) is 0 Å². The van der Waals surface area contributed by atoms with E-state index in [4.69, 9.17) is 0 Å². The van der Waals surface area contributed by atoms with Gasteiger partial charge in [-0.3, -0.25) is 4.98 Å². The molecule has 0 saturated heterocycles. The Morgan fingerprint density at radius 1 is 1.19 bits per heavy atom. The number of anilines is 1. The topological polar surface area (TPSA) is 102 Å². The predicted molar refractivity (Wildman–Crippen MR) is 112 cm³/mol. The van der Waals surface area contributed by atoms with Crippen molar-refractivity contribution in [3.8, 4) is 0 Å². The summed E-state index contributed by atoms with van der Waals surface area (Å²) in [5.74, 6) is -1.96. The summed E-state index contributed by atoms with van der Waals surface area (Å²) in [5.41, 5.74) is 0.814. The van der Waals surface area contributed by atoms with Crippen LogP contribution in [-0.4, -0.2) is 44.6 Å². The Labute approximate surface area is 182 Å². The molecule has 0 bridgehead atoms. The zero-order valence-corrected chi connectivity index (χ0v) is 17.3. The van der Waals surface area contributed by atoms with Gasteiger partial charge in [0.2, 0.25) is 0 Å². The van der Waals surface area contributed by atoms with Gasteiger partial charge in [0, 0.05) is 30.9 Å². The van der Waals surface area contributed by atoms with Gasteiger partial charge in [-0.1, -0.05) is 19.1 Å². The van der Waals surface area contributed by atoms with Crippen LogP contribution >= 0.6 is 0 Å².